The average Bonchev–Trinajstić information content (AvgIpc) is 3.21. The number of ether oxygens (including phenoxy) is 1. The van der Waals surface area contributed by atoms with E-state index in [1.807, 2.05) is 0 Å². The van der Waals surface area contributed by atoms with Gasteiger partial charge >= 0.3 is 11.9 Å². The summed E-state index contributed by atoms with van der Waals surface area (Å²) >= 11 is 0. The van der Waals surface area contributed by atoms with Crippen molar-refractivity contribution in [3.63, 3.8) is 0 Å². The Morgan fingerprint density at radius 2 is 0.931 bits per heavy atom. The van der Waals surface area contributed by atoms with Crippen LogP contribution in [0.25, 0.3) is 0 Å². The van der Waals surface area contributed by atoms with Crippen LogP contribution in [0, 0.1) is 0 Å². The van der Waals surface area contributed by atoms with E-state index in [0.717, 1.165) is 57.8 Å². The fourth-order valence-electron chi connectivity index (χ4n) is 7.15. The van der Waals surface area contributed by atoms with Gasteiger partial charge in [-0.1, -0.05) is 180 Å². The fraction of sp³-hybridized carbons (Fsp3) is 0.837. The van der Waals surface area contributed by atoms with Gasteiger partial charge in [-0.25, -0.2) is 4.79 Å². The van der Waals surface area contributed by atoms with E-state index in [1.165, 1.54) is 148 Å². The second kappa shape index (κ2) is 43.9. The molecular formula is C49H90N2O7. The van der Waals surface area contributed by atoms with Gasteiger partial charge in [0, 0.05) is 12.8 Å². The van der Waals surface area contributed by atoms with Crippen LogP contribution >= 0.6 is 0 Å². The Hall–Kier alpha value is -2.68. The lowest BCUT2D eigenvalue weighted by atomic mass is 10.0. The van der Waals surface area contributed by atoms with Crippen molar-refractivity contribution in [3.8, 4) is 0 Å². The molecule has 58 heavy (non-hydrogen) atoms. The smallest absolute Gasteiger partial charge is 0.328 e. The summed E-state index contributed by atoms with van der Waals surface area (Å²) in [4.78, 5) is 47.5. The van der Waals surface area contributed by atoms with Gasteiger partial charge in [0.25, 0.3) is 0 Å². The number of allylic oxidation sites excluding steroid dienone is 3. The summed E-state index contributed by atoms with van der Waals surface area (Å²) in [6, 6.07) is -1.38. The average molecular weight is 819 g/mol. The number of unbranched alkanes of at least 4 members (excludes halogenated alkanes) is 28. The maximum Gasteiger partial charge on any atom is 0.328 e. The van der Waals surface area contributed by atoms with Gasteiger partial charge in [0.05, 0.1) is 13.2 Å². The minimum atomic E-state index is -1.38. The number of nitrogens with one attached hydrogen (secondary N) is 2. The molecule has 0 aromatic heterocycles. The molecule has 0 rings (SSSR count). The number of rotatable bonds is 44. The van der Waals surface area contributed by atoms with E-state index in [4.69, 9.17) is 14.9 Å². The molecule has 0 radical (unpaired) electrons. The molecule has 0 aliphatic rings. The van der Waals surface area contributed by atoms with Crippen molar-refractivity contribution in [1.29, 1.82) is 0 Å². The molecule has 2 unspecified atom stereocenters. The van der Waals surface area contributed by atoms with Gasteiger partial charge in [0.15, 0.2) is 0 Å². The van der Waals surface area contributed by atoms with Gasteiger partial charge in [0.1, 0.15) is 12.1 Å². The number of aliphatic hydroxyl groups is 1. The van der Waals surface area contributed by atoms with Gasteiger partial charge in [-0.2, -0.15) is 0 Å². The molecule has 2 amide bonds. The zero-order valence-corrected chi connectivity index (χ0v) is 37.6. The van der Waals surface area contributed by atoms with E-state index in [1.54, 1.807) is 0 Å². The van der Waals surface area contributed by atoms with Gasteiger partial charge in [-0.15, -0.1) is 0 Å². The van der Waals surface area contributed by atoms with Crippen molar-refractivity contribution in [2.75, 3.05) is 13.2 Å². The van der Waals surface area contributed by atoms with Crippen molar-refractivity contribution in [1.82, 2.24) is 10.6 Å². The molecule has 0 saturated heterocycles. The van der Waals surface area contributed by atoms with E-state index in [9.17, 15) is 19.2 Å². The molecule has 0 aromatic carbocycles. The second-order valence-electron chi connectivity index (χ2n) is 16.5. The Labute approximate surface area is 355 Å². The van der Waals surface area contributed by atoms with Crippen LogP contribution in [0.15, 0.2) is 24.3 Å². The van der Waals surface area contributed by atoms with Crippen molar-refractivity contribution in [2.45, 2.75) is 251 Å². The molecule has 338 valence electrons. The van der Waals surface area contributed by atoms with Crippen LogP contribution in [0.3, 0.4) is 0 Å². The summed E-state index contributed by atoms with van der Waals surface area (Å²) < 4.78 is 5.96. The monoisotopic (exact) mass is 819 g/mol. The zero-order valence-electron chi connectivity index (χ0n) is 37.6. The summed E-state index contributed by atoms with van der Waals surface area (Å²) in [5.41, 5.74) is 0. The van der Waals surface area contributed by atoms with E-state index < -0.39 is 24.5 Å². The summed E-state index contributed by atoms with van der Waals surface area (Å²) in [5.74, 6) is -2.32. The first-order chi connectivity index (χ1) is 28.3. The van der Waals surface area contributed by atoms with Crippen LogP contribution in [0.2, 0.25) is 0 Å². The van der Waals surface area contributed by atoms with Crippen molar-refractivity contribution in [2.24, 2.45) is 0 Å². The fourth-order valence-corrected chi connectivity index (χ4v) is 7.15. The number of carboxylic acids is 1. The molecule has 9 nitrogen and oxygen atoms in total. The Morgan fingerprint density at radius 3 is 1.40 bits per heavy atom. The zero-order chi connectivity index (χ0) is 42.6. The van der Waals surface area contributed by atoms with Crippen molar-refractivity contribution < 1.29 is 34.1 Å². The third-order valence-corrected chi connectivity index (χ3v) is 10.9. The number of hydrogen-bond acceptors (Lipinski definition) is 6. The molecule has 0 bridgehead atoms. The van der Waals surface area contributed by atoms with Gasteiger partial charge in [-0.3, -0.25) is 14.4 Å². The van der Waals surface area contributed by atoms with E-state index >= 15 is 0 Å². The summed E-state index contributed by atoms with van der Waals surface area (Å²) in [5, 5.41) is 22.5. The second-order valence-corrected chi connectivity index (χ2v) is 16.5. The lowest BCUT2D eigenvalue weighted by Crippen LogP contribution is -2.47. The first kappa shape index (κ1) is 55.3. The molecule has 0 aliphatic heterocycles. The first-order valence-electron chi connectivity index (χ1n) is 24.2. The summed E-state index contributed by atoms with van der Waals surface area (Å²) in [6.07, 6.45) is 49.5. The highest BCUT2D eigenvalue weighted by molar-refractivity contribution is 5.87. The molecular weight excluding hydrogens is 729 g/mol. The molecule has 0 aromatic rings. The third-order valence-electron chi connectivity index (χ3n) is 10.9. The maximum absolute atomic E-state index is 12.8. The van der Waals surface area contributed by atoms with Gasteiger partial charge in [0.2, 0.25) is 11.8 Å². The highest BCUT2D eigenvalue weighted by Crippen LogP contribution is 2.17. The highest BCUT2D eigenvalue weighted by Gasteiger charge is 2.18. The quantitative estimate of drug-likeness (QED) is 0.0272. The standard InChI is InChI=1S/C49H90N2O7/c1-3-5-7-9-11-13-14-15-16-17-18-19-20-21-22-23-24-25-27-33-37-41-48(55)58-44(38-34-30-26-12-10-8-6-4-2)39-35-31-28-29-32-36-40-46(53)50-42-47(54)51-45(43-52)49(56)57/h17-18,34,38,44-45,52H,3-16,19-33,35-37,39-43H2,1-2H3,(H,50,53)(H,51,54)(H,56,57)/b18-17-,38-34-. The van der Waals surface area contributed by atoms with Crippen LogP contribution in [0.1, 0.15) is 239 Å². The Kier molecular flexibility index (Phi) is 41.9. The molecule has 0 saturated carbocycles. The number of aliphatic carboxylic acids is 1. The number of hydrogen-bond donors (Lipinski definition) is 4. The number of esters is 1. The van der Waals surface area contributed by atoms with Crippen LogP contribution in [0.4, 0.5) is 0 Å². The number of carbonyl (C=O) groups is 4. The third kappa shape index (κ3) is 40.1. The molecule has 0 fully saturated rings. The minimum Gasteiger partial charge on any atom is -0.480 e. The van der Waals surface area contributed by atoms with E-state index in [-0.39, 0.29) is 24.5 Å². The van der Waals surface area contributed by atoms with Crippen molar-refractivity contribution in [3.05, 3.63) is 24.3 Å². The topological polar surface area (TPSA) is 142 Å². The Morgan fingerprint density at radius 1 is 0.517 bits per heavy atom. The molecule has 4 N–H and O–H groups in total. The van der Waals surface area contributed by atoms with Crippen LogP contribution in [0.5, 0.6) is 0 Å². The van der Waals surface area contributed by atoms with Crippen LogP contribution in [-0.2, 0) is 23.9 Å². The molecule has 0 aliphatic carbocycles. The number of amides is 2. The molecule has 0 spiro atoms. The Balaban J connectivity index is 4.11. The normalized spacial score (nSPS) is 12.6. The largest absolute Gasteiger partial charge is 0.480 e. The van der Waals surface area contributed by atoms with E-state index in [2.05, 4.69) is 48.8 Å². The predicted octanol–water partition coefficient (Wildman–Crippen LogP) is 12.4. The Bertz CT molecular complexity index is 1030. The van der Waals surface area contributed by atoms with E-state index in [0.29, 0.717) is 19.3 Å². The lowest BCUT2D eigenvalue weighted by molar-refractivity contribution is -0.147. The molecule has 9 heteroatoms. The van der Waals surface area contributed by atoms with Crippen LogP contribution in [-0.4, -0.2) is 59.3 Å². The number of carboxylic acid groups (broad SMARTS) is 1. The summed E-state index contributed by atoms with van der Waals surface area (Å²) in [7, 11) is 0. The first-order valence-corrected chi connectivity index (χ1v) is 24.2. The SMILES string of the molecule is CCCCCCCC/C=C\C(CCCCCCCCC(=O)NCC(=O)NC(CO)C(=O)O)OC(=O)CCCCCCCCCCC/C=C\CCCCCCCCCC. The van der Waals surface area contributed by atoms with Gasteiger partial charge < -0.3 is 25.6 Å². The van der Waals surface area contributed by atoms with Gasteiger partial charge in [-0.05, 0) is 70.3 Å². The summed E-state index contributed by atoms with van der Waals surface area (Å²) in [6.45, 7) is 3.49. The lowest BCUT2D eigenvalue weighted by Gasteiger charge is -2.15. The number of carbonyl (C=O) groups excluding carboxylic acids is 3. The molecule has 0 heterocycles. The maximum atomic E-state index is 12.8. The number of aliphatic hydroxyl groups excluding tert-OH is 1. The predicted molar refractivity (Wildman–Crippen MR) is 241 cm³/mol. The highest BCUT2D eigenvalue weighted by atomic mass is 16.5. The molecule has 2 atom stereocenters. The minimum absolute atomic E-state index is 0.0769. The van der Waals surface area contributed by atoms with Crippen LogP contribution < -0.4 is 10.6 Å². The van der Waals surface area contributed by atoms with Crippen molar-refractivity contribution >= 4 is 23.8 Å².